The summed E-state index contributed by atoms with van der Waals surface area (Å²) in [4.78, 5) is 4.57. The van der Waals surface area contributed by atoms with Gasteiger partial charge < -0.3 is 9.72 Å². The van der Waals surface area contributed by atoms with Crippen molar-refractivity contribution in [2.75, 3.05) is 5.32 Å². The first-order valence-electron chi connectivity index (χ1n) is 6.44. The van der Waals surface area contributed by atoms with E-state index < -0.39 is 0 Å². The third-order valence-corrected chi connectivity index (χ3v) is 3.23. The smallest absolute Gasteiger partial charge is 0.137 e. The summed E-state index contributed by atoms with van der Waals surface area (Å²) in [6.07, 6.45) is 2.04. The molecule has 0 aliphatic rings. The zero-order valence-corrected chi connectivity index (χ0v) is 11.2. The van der Waals surface area contributed by atoms with Crippen molar-refractivity contribution in [3.8, 4) is 6.07 Å². The van der Waals surface area contributed by atoms with Crippen molar-refractivity contribution < 1.29 is 0 Å². The van der Waals surface area contributed by atoms with Gasteiger partial charge in [-0.25, -0.2) is 4.98 Å². The number of anilines is 1. The van der Waals surface area contributed by atoms with Crippen molar-refractivity contribution in [3.63, 3.8) is 0 Å². The van der Waals surface area contributed by atoms with Gasteiger partial charge in [0.05, 0.1) is 23.9 Å². The minimum atomic E-state index is 0.660. The summed E-state index contributed by atoms with van der Waals surface area (Å²) < 4.78 is 2.08. The van der Waals surface area contributed by atoms with Crippen LogP contribution in [0.15, 0.2) is 48.7 Å². The number of nitrogens with one attached hydrogen (secondary N) is 1. The quantitative estimate of drug-likeness (QED) is 0.789. The maximum absolute atomic E-state index is 8.76. The Kier molecular flexibility index (Phi) is 3.10. The summed E-state index contributed by atoms with van der Waals surface area (Å²) in [5, 5.41) is 12.1. The second-order valence-corrected chi connectivity index (χ2v) is 4.67. The number of nitriles is 1. The number of aromatic nitrogens is 2. The summed E-state index contributed by atoms with van der Waals surface area (Å²) in [7, 11) is 0. The molecule has 3 aromatic rings. The Hall–Kier alpha value is -2.80. The molecule has 0 spiro atoms. The number of imidazole rings is 1. The molecule has 0 saturated heterocycles. The first kappa shape index (κ1) is 12.2. The zero-order chi connectivity index (χ0) is 13.9. The lowest BCUT2D eigenvalue weighted by Crippen LogP contribution is -1.99. The fourth-order valence-electron chi connectivity index (χ4n) is 2.14. The molecule has 0 radical (unpaired) electrons. The average molecular weight is 262 g/mol. The summed E-state index contributed by atoms with van der Waals surface area (Å²) in [5.41, 5.74) is 4.77. The molecule has 1 aromatic carbocycles. The molecule has 3 rings (SSSR count). The van der Waals surface area contributed by atoms with E-state index in [4.69, 9.17) is 5.26 Å². The van der Waals surface area contributed by atoms with Crippen LogP contribution in [0.4, 0.5) is 5.69 Å². The molecule has 4 nitrogen and oxygen atoms in total. The van der Waals surface area contributed by atoms with Crippen LogP contribution in [-0.4, -0.2) is 9.38 Å². The van der Waals surface area contributed by atoms with E-state index in [2.05, 4.69) is 33.8 Å². The van der Waals surface area contributed by atoms with Crippen molar-refractivity contribution in [2.45, 2.75) is 13.5 Å². The maximum atomic E-state index is 8.76. The van der Waals surface area contributed by atoms with Gasteiger partial charge in [-0.1, -0.05) is 6.07 Å². The largest absolute Gasteiger partial charge is 0.379 e. The van der Waals surface area contributed by atoms with E-state index in [-0.39, 0.29) is 0 Å². The van der Waals surface area contributed by atoms with Gasteiger partial charge in [0.2, 0.25) is 0 Å². The normalized spacial score (nSPS) is 10.4. The third kappa shape index (κ3) is 2.34. The van der Waals surface area contributed by atoms with Crippen LogP contribution in [0.5, 0.6) is 0 Å². The molecule has 0 amide bonds. The van der Waals surface area contributed by atoms with Crippen LogP contribution in [0.3, 0.4) is 0 Å². The minimum absolute atomic E-state index is 0.660. The molecular formula is C16H14N4. The summed E-state index contributed by atoms with van der Waals surface area (Å²) >= 11 is 0. The first-order chi connectivity index (χ1) is 9.76. The molecule has 2 heterocycles. The second-order valence-electron chi connectivity index (χ2n) is 4.67. The summed E-state index contributed by atoms with van der Waals surface area (Å²) in [5.74, 6) is 0. The third-order valence-electron chi connectivity index (χ3n) is 3.23. The van der Waals surface area contributed by atoms with Gasteiger partial charge in [-0.2, -0.15) is 5.26 Å². The molecule has 20 heavy (non-hydrogen) atoms. The predicted molar refractivity (Wildman–Crippen MR) is 78.4 cm³/mol. The fourth-order valence-corrected chi connectivity index (χ4v) is 2.14. The van der Waals surface area contributed by atoms with Crippen LogP contribution in [0.1, 0.15) is 17.0 Å². The number of aryl methyl sites for hydroxylation is 1. The number of nitrogens with zero attached hydrogens (tertiary/aromatic N) is 3. The Morgan fingerprint density at radius 2 is 2.00 bits per heavy atom. The molecule has 0 fully saturated rings. The van der Waals surface area contributed by atoms with Crippen molar-refractivity contribution in [1.29, 1.82) is 5.26 Å². The van der Waals surface area contributed by atoms with Crippen LogP contribution >= 0.6 is 0 Å². The van der Waals surface area contributed by atoms with E-state index in [1.165, 1.54) is 5.69 Å². The van der Waals surface area contributed by atoms with E-state index in [1.807, 2.05) is 30.5 Å². The molecule has 4 heteroatoms. The van der Waals surface area contributed by atoms with Crippen LogP contribution < -0.4 is 5.32 Å². The highest BCUT2D eigenvalue weighted by atomic mass is 15.0. The summed E-state index contributed by atoms with van der Waals surface area (Å²) in [6, 6.07) is 15.6. The van der Waals surface area contributed by atoms with Crippen LogP contribution in [0.25, 0.3) is 5.65 Å². The van der Waals surface area contributed by atoms with E-state index in [0.29, 0.717) is 12.1 Å². The lowest BCUT2D eigenvalue weighted by molar-refractivity contribution is 1.06. The van der Waals surface area contributed by atoms with Crippen molar-refractivity contribution in [1.82, 2.24) is 9.38 Å². The van der Waals surface area contributed by atoms with Gasteiger partial charge in [0, 0.05) is 17.6 Å². The number of pyridine rings is 1. The van der Waals surface area contributed by atoms with Gasteiger partial charge in [-0.05, 0) is 43.3 Å². The highest BCUT2D eigenvalue weighted by Gasteiger charge is 2.02. The van der Waals surface area contributed by atoms with E-state index in [1.54, 1.807) is 12.1 Å². The molecule has 0 bridgehead atoms. The maximum Gasteiger partial charge on any atom is 0.137 e. The lowest BCUT2D eigenvalue weighted by atomic mass is 10.2. The zero-order valence-electron chi connectivity index (χ0n) is 11.2. The van der Waals surface area contributed by atoms with Crippen LogP contribution in [0, 0.1) is 18.3 Å². The van der Waals surface area contributed by atoms with Crippen LogP contribution in [0.2, 0.25) is 0 Å². The van der Waals surface area contributed by atoms with Gasteiger partial charge >= 0.3 is 0 Å². The minimum Gasteiger partial charge on any atom is -0.379 e. The summed E-state index contributed by atoms with van der Waals surface area (Å²) in [6.45, 7) is 2.72. The van der Waals surface area contributed by atoms with Gasteiger partial charge in [0.25, 0.3) is 0 Å². The van der Waals surface area contributed by atoms with E-state index in [0.717, 1.165) is 17.0 Å². The Balaban J connectivity index is 1.76. The van der Waals surface area contributed by atoms with Crippen molar-refractivity contribution in [3.05, 3.63) is 65.6 Å². The van der Waals surface area contributed by atoms with E-state index >= 15 is 0 Å². The van der Waals surface area contributed by atoms with Crippen molar-refractivity contribution >= 4 is 11.3 Å². The predicted octanol–water partition coefficient (Wildman–Crippen LogP) is 3.13. The Morgan fingerprint density at radius 1 is 1.20 bits per heavy atom. The molecule has 98 valence electrons. The van der Waals surface area contributed by atoms with Crippen molar-refractivity contribution in [2.24, 2.45) is 0 Å². The molecule has 0 aliphatic heterocycles. The number of hydrogen-bond acceptors (Lipinski definition) is 3. The Morgan fingerprint density at radius 3 is 2.70 bits per heavy atom. The molecule has 0 aliphatic carbocycles. The molecule has 2 aromatic heterocycles. The number of hydrogen-bond donors (Lipinski definition) is 1. The van der Waals surface area contributed by atoms with Gasteiger partial charge in [0.15, 0.2) is 0 Å². The van der Waals surface area contributed by atoms with Crippen LogP contribution in [-0.2, 0) is 6.54 Å². The number of fused-ring (bicyclic) bond motifs is 1. The lowest BCUT2D eigenvalue weighted by Gasteiger charge is -2.03. The Bertz CT molecular complexity index is 778. The fraction of sp³-hybridized carbons (Fsp3) is 0.125. The molecule has 0 unspecified atom stereocenters. The highest BCUT2D eigenvalue weighted by molar-refractivity contribution is 5.48. The molecule has 0 saturated carbocycles. The van der Waals surface area contributed by atoms with Gasteiger partial charge in [0.1, 0.15) is 5.65 Å². The number of rotatable bonds is 3. The molecular weight excluding hydrogens is 248 g/mol. The molecule has 0 atom stereocenters. The second kappa shape index (κ2) is 5.06. The first-order valence-corrected chi connectivity index (χ1v) is 6.44. The molecule has 1 N–H and O–H groups in total. The number of benzene rings is 1. The Labute approximate surface area is 117 Å². The topological polar surface area (TPSA) is 53.1 Å². The monoisotopic (exact) mass is 262 g/mol. The van der Waals surface area contributed by atoms with E-state index in [9.17, 15) is 0 Å². The highest BCUT2D eigenvalue weighted by Crippen LogP contribution is 2.12. The average Bonchev–Trinajstić information content (AvgIpc) is 2.90. The standard InChI is InChI=1S/C16H14N4/c1-12-3-2-4-16-19-15(11-20(12)16)10-18-14-7-5-13(9-17)6-8-14/h2-8,11,18H,10H2,1H3. The van der Waals surface area contributed by atoms with Gasteiger partial charge in [-0.15, -0.1) is 0 Å². The SMILES string of the molecule is Cc1cccc2nc(CNc3ccc(C#N)cc3)cn12. The van der Waals surface area contributed by atoms with Gasteiger partial charge in [-0.3, -0.25) is 0 Å².